The number of carbonyl (C=O) groups excluding carboxylic acids is 1. The van der Waals surface area contributed by atoms with Gasteiger partial charge in [0.05, 0.1) is 6.61 Å². The Morgan fingerprint density at radius 1 is 1.17 bits per heavy atom. The molecule has 1 aliphatic rings. The zero-order chi connectivity index (χ0) is 21.9. The molecule has 164 valence electrons. The highest BCUT2D eigenvalue weighted by molar-refractivity contribution is 5.89. The van der Waals surface area contributed by atoms with Crippen LogP contribution in [-0.4, -0.2) is 29.2 Å². The molecular formula is C23H29F3N2O2. The van der Waals surface area contributed by atoms with Crippen LogP contribution in [0.15, 0.2) is 36.4 Å². The molecular weight excluding hydrogens is 393 g/mol. The van der Waals surface area contributed by atoms with Crippen LogP contribution in [0.5, 0.6) is 5.75 Å². The molecule has 1 saturated heterocycles. The van der Waals surface area contributed by atoms with Gasteiger partial charge in [-0.1, -0.05) is 50.5 Å². The van der Waals surface area contributed by atoms with Crippen molar-refractivity contribution in [3.63, 3.8) is 0 Å². The van der Waals surface area contributed by atoms with Crippen molar-refractivity contribution in [1.82, 2.24) is 10.4 Å². The molecule has 0 spiro atoms. The normalized spacial score (nSPS) is 17.9. The summed E-state index contributed by atoms with van der Waals surface area (Å²) in [4.78, 5) is 11.9. The van der Waals surface area contributed by atoms with Crippen LogP contribution in [0.1, 0.15) is 64.5 Å². The summed E-state index contributed by atoms with van der Waals surface area (Å²) in [5.41, 5.74) is 1.50. The number of halogens is 3. The molecule has 1 atom stereocenters. The average Bonchev–Trinajstić information content (AvgIpc) is 2.92. The van der Waals surface area contributed by atoms with Gasteiger partial charge in [0, 0.05) is 17.3 Å². The molecule has 2 aromatic carbocycles. The monoisotopic (exact) mass is 422 g/mol. The van der Waals surface area contributed by atoms with E-state index in [9.17, 15) is 18.0 Å². The highest BCUT2D eigenvalue weighted by Crippen LogP contribution is 2.44. The number of hydrazine groups is 1. The predicted molar refractivity (Wildman–Crippen MR) is 111 cm³/mol. The molecule has 1 fully saturated rings. The molecule has 0 aliphatic carbocycles. The number of ether oxygens (including phenoxy) is 1. The van der Waals surface area contributed by atoms with E-state index in [1.54, 1.807) is 26.0 Å². The summed E-state index contributed by atoms with van der Waals surface area (Å²) in [6, 6.07) is 8.32. The third-order valence-corrected chi connectivity index (χ3v) is 5.48. The largest absolute Gasteiger partial charge is 0.493 e. The third kappa shape index (κ3) is 4.89. The van der Waals surface area contributed by atoms with Crippen LogP contribution >= 0.6 is 0 Å². The first kappa shape index (κ1) is 22.4. The van der Waals surface area contributed by atoms with E-state index in [4.69, 9.17) is 4.74 Å². The molecule has 1 amide bonds. The van der Waals surface area contributed by atoms with Crippen LogP contribution in [-0.2, 0) is 4.79 Å². The number of hydrogen-bond acceptors (Lipinski definition) is 3. The van der Waals surface area contributed by atoms with Crippen molar-refractivity contribution in [3.8, 4) is 5.75 Å². The van der Waals surface area contributed by atoms with Crippen LogP contribution in [0.3, 0.4) is 0 Å². The van der Waals surface area contributed by atoms with Crippen molar-refractivity contribution in [3.05, 3.63) is 42.0 Å². The smallest absolute Gasteiger partial charge is 0.409 e. The number of fused-ring (bicyclic) bond motifs is 1. The van der Waals surface area contributed by atoms with Crippen molar-refractivity contribution in [2.24, 2.45) is 0 Å². The van der Waals surface area contributed by atoms with Crippen LogP contribution in [0, 0.1) is 0 Å². The number of nitrogens with zero attached hydrogens (tertiary/aromatic N) is 1. The van der Waals surface area contributed by atoms with Crippen LogP contribution in [0.4, 0.5) is 13.2 Å². The fourth-order valence-electron chi connectivity index (χ4n) is 3.99. The molecule has 1 N–H and O–H groups in total. The number of carbonyl (C=O) groups is 1. The molecule has 30 heavy (non-hydrogen) atoms. The van der Waals surface area contributed by atoms with E-state index in [0.717, 1.165) is 36.1 Å². The van der Waals surface area contributed by atoms with E-state index in [1.807, 2.05) is 12.1 Å². The van der Waals surface area contributed by atoms with Crippen LogP contribution < -0.4 is 10.2 Å². The molecule has 1 heterocycles. The van der Waals surface area contributed by atoms with Gasteiger partial charge < -0.3 is 4.74 Å². The van der Waals surface area contributed by atoms with Gasteiger partial charge in [-0.15, -0.1) is 0 Å². The second kappa shape index (κ2) is 8.84. The summed E-state index contributed by atoms with van der Waals surface area (Å²) >= 11 is 0. The van der Waals surface area contributed by atoms with Gasteiger partial charge in [0.15, 0.2) is 6.04 Å². The van der Waals surface area contributed by atoms with Crippen molar-refractivity contribution in [2.75, 3.05) is 6.61 Å². The zero-order valence-corrected chi connectivity index (χ0v) is 17.7. The number of amides is 1. The van der Waals surface area contributed by atoms with Gasteiger partial charge >= 0.3 is 6.18 Å². The van der Waals surface area contributed by atoms with Gasteiger partial charge in [0.1, 0.15) is 5.75 Å². The number of rotatable bonds is 8. The standard InChI is InChI=1S/C23H29F3N2O2/c1-4-5-6-9-12-30-19-14-17(13-16-10-7-8-11-18(16)19)21(23(24,25)26)28-22(2,3)15-20(29)27-28/h7-8,10-11,13-14,21H,4-6,9,12,15H2,1-3H3,(H,27,29)/t21-/m0/s1. The first-order chi connectivity index (χ1) is 14.1. The van der Waals surface area contributed by atoms with Crippen molar-refractivity contribution >= 4 is 16.7 Å². The number of benzene rings is 2. The Morgan fingerprint density at radius 3 is 2.53 bits per heavy atom. The van der Waals surface area contributed by atoms with E-state index < -0.39 is 23.7 Å². The van der Waals surface area contributed by atoms with Crippen molar-refractivity contribution < 1.29 is 22.7 Å². The second-order valence-electron chi connectivity index (χ2n) is 8.49. The first-order valence-corrected chi connectivity index (χ1v) is 10.4. The fraction of sp³-hybridized carbons (Fsp3) is 0.522. The molecule has 0 aromatic heterocycles. The van der Waals surface area contributed by atoms with E-state index in [-0.39, 0.29) is 12.0 Å². The van der Waals surface area contributed by atoms with Gasteiger partial charge in [0.2, 0.25) is 5.91 Å². The van der Waals surface area contributed by atoms with E-state index in [0.29, 0.717) is 17.7 Å². The van der Waals surface area contributed by atoms with Gasteiger partial charge in [-0.25, -0.2) is 0 Å². The SMILES string of the molecule is CCCCCCOc1cc([C@H](N2NC(=O)CC2(C)C)C(F)(F)F)cc2ccccc12. The summed E-state index contributed by atoms with van der Waals surface area (Å²) in [5.74, 6) is 0.0274. The minimum atomic E-state index is -4.57. The molecule has 2 aromatic rings. The molecule has 0 radical (unpaired) electrons. The Balaban J connectivity index is 2.00. The quantitative estimate of drug-likeness (QED) is 0.537. The number of hydrogen-bond donors (Lipinski definition) is 1. The topological polar surface area (TPSA) is 41.6 Å². The molecule has 0 unspecified atom stereocenters. The lowest BCUT2D eigenvalue weighted by Gasteiger charge is -2.38. The lowest BCUT2D eigenvalue weighted by molar-refractivity contribution is -0.203. The van der Waals surface area contributed by atoms with E-state index >= 15 is 0 Å². The zero-order valence-electron chi connectivity index (χ0n) is 17.7. The van der Waals surface area contributed by atoms with Gasteiger partial charge in [-0.3, -0.25) is 10.2 Å². The molecule has 0 saturated carbocycles. The lowest BCUT2D eigenvalue weighted by Crippen LogP contribution is -2.51. The van der Waals surface area contributed by atoms with Gasteiger partial charge in [-0.05, 0) is 43.4 Å². The summed E-state index contributed by atoms with van der Waals surface area (Å²) in [6.45, 7) is 5.84. The highest BCUT2D eigenvalue weighted by atomic mass is 19.4. The van der Waals surface area contributed by atoms with Crippen molar-refractivity contribution in [2.45, 2.75) is 70.6 Å². The predicted octanol–water partition coefficient (Wildman–Crippen LogP) is 5.92. The van der Waals surface area contributed by atoms with E-state index in [2.05, 4.69) is 12.3 Å². The first-order valence-electron chi connectivity index (χ1n) is 10.4. The minimum Gasteiger partial charge on any atom is -0.493 e. The molecule has 7 heteroatoms. The van der Waals surface area contributed by atoms with Crippen LogP contribution in [0.2, 0.25) is 0 Å². The number of nitrogens with one attached hydrogen (secondary N) is 1. The van der Waals surface area contributed by atoms with Crippen molar-refractivity contribution in [1.29, 1.82) is 0 Å². The third-order valence-electron chi connectivity index (χ3n) is 5.48. The average molecular weight is 422 g/mol. The Labute approximate surface area is 175 Å². The Morgan fingerprint density at radius 2 is 1.90 bits per heavy atom. The Kier molecular flexibility index (Phi) is 6.60. The van der Waals surface area contributed by atoms with Crippen LogP contribution in [0.25, 0.3) is 10.8 Å². The molecule has 3 rings (SSSR count). The molecule has 4 nitrogen and oxygen atoms in total. The van der Waals surface area contributed by atoms with Gasteiger partial charge in [0.25, 0.3) is 0 Å². The summed E-state index contributed by atoms with van der Waals surface area (Å²) in [6.07, 6.45) is -0.492. The molecule has 1 aliphatic heterocycles. The Bertz CT molecular complexity index is 896. The summed E-state index contributed by atoms with van der Waals surface area (Å²) < 4.78 is 48.6. The minimum absolute atomic E-state index is 0.00788. The summed E-state index contributed by atoms with van der Waals surface area (Å²) in [7, 11) is 0. The maximum atomic E-state index is 14.2. The summed E-state index contributed by atoms with van der Waals surface area (Å²) in [5, 5.41) is 2.49. The Hall–Kier alpha value is -2.28. The maximum absolute atomic E-state index is 14.2. The highest BCUT2D eigenvalue weighted by Gasteiger charge is 2.53. The number of unbranched alkanes of at least 4 members (excludes halogenated alkanes) is 3. The second-order valence-corrected chi connectivity index (χ2v) is 8.49. The fourth-order valence-corrected chi connectivity index (χ4v) is 3.99. The van der Waals surface area contributed by atoms with E-state index in [1.165, 1.54) is 12.1 Å². The number of alkyl halides is 3. The maximum Gasteiger partial charge on any atom is 0.409 e. The van der Waals surface area contributed by atoms with Gasteiger partial charge in [-0.2, -0.15) is 18.2 Å². The molecule has 0 bridgehead atoms. The lowest BCUT2D eigenvalue weighted by atomic mass is 9.95.